The topological polar surface area (TPSA) is 73.8 Å². The zero-order valence-electron chi connectivity index (χ0n) is 18.9. The zero-order valence-corrected chi connectivity index (χ0v) is 19.7. The predicted molar refractivity (Wildman–Crippen MR) is 132 cm³/mol. The Morgan fingerprint density at radius 2 is 1.94 bits per heavy atom. The molecule has 7 nitrogen and oxygen atoms in total. The van der Waals surface area contributed by atoms with E-state index in [1.807, 2.05) is 36.4 Å². The second-order valence-corrected chi connectivity index (χ2v) is 9.01. The van der Waals surface area contributed by atoms with Crippen molar-refractivity contribution in [1.82, 2.24) is 9.97 Å². The average molecular weight is 476 g/mol. The maximum Gasteiger partial charge on any atom is 0.260 e. The largest absolute Gasteiger partial charge is 0.494 e. The van der Waals surface area contributed by atoms with Gasteiger partial charge in [-0.1, -0.05) is 37.2 Å². The molecule has 1 aliphatic heterocycles. The van der Waals surface area contributed by atoms with E-state index >= 15 is 0 Å². The first-order chi connectivity index (χ1) is 16.7. The van der Waals surface area contributed by atoms with Crippen LogP contribution in [0.25, 0.3) is 10.2 Å². The number of anilines is 1. The predicted octanol–water partition coefficient (Wildman–Crippen LogP) is 5.84. The fourth-order valence-electron chi connectivity index (χ4n) is 3.71. The molecule has 0 spiro atoms. The number of rotatable bonds is 9. The summed E-state index contributed by atoms with van der Waals surface area (Å²) >= 11 is 1.45. The number of amides is 1. The molecule has 0 saturated carbocycles. The second kappa shape index (κ2) is 10.1. The van der Waals surface area contributed by atoms with Crippen LogP contribution in [0.1, 0.15) is 42.1 Å². The van der Waals surface area contributed by atoms with E-state index in [-0.39, 0.29) is 12.7 Å². The number of aromatic nitrogens is 2. The van der Waals surface area contributed by atoms with Gasteiger partial charge in [-0.05, 0) is 42.3 Å². The number of pyridine rings is 1. The van der Waals surface area contributed by atoms with Crippen molar-refractivity contribution in [2.75, 3.05) is 18.3 Å². The van der Waals surface area contributed by atoms with Gasteiger partial charge in [0.1, 0.15) is 5.75 Å². The summed E-state index contributed by atoms with van der Waals surface area (Å²) in [5, 5.41) is 0.604. The third-order valence-electron chi connectivity index (χ3n) is 5.53. The smallest absolute Gasteiger partial charge is 0.260 e. The van der Waals surface area contributed by atoms with Crippen molar-refractivity contribution in [1.29, 1.82) is 0 Å². The lowest BCUT2D eigenvalue weighted by atomic mass is 10.1. The number of hydrogen-bond donors (Lipinski definition) is 0. The fraction of sp³-hybridized carbons (Fsp3) is 0.269. The highest BCUT2D eigenvalue weighted by atomic mass is 32.1. The van der Waals surface area contributed by atoms with Gasteiger partial charge in [0.05, 0.1) is 23.4 Å². The van der Waals surface area contributed by atoms with Crippen molar-refractivity contribution in [3.8, 4) is 17.2 Å². The molecule has 0 N–H and O–H groups in total. The molecule has 8 heteroatoms. The molecule has 174 valence electrons. The Hall–Kier alpha value is -3.65. The van der Waals surface area contributed by atoms with Crippen molar-refractivity contribution >= 4 is 32.6 Å². The van der Waals surface area contributed by atoms with Gasteiger partial charge in [-0.15, -0.1) is 0 Å². The van der Waals surface area contributed by atoms with Crippen LogP contribution in [0.2, 0.25) is 0 Å². The van der Waals surface area contributed by atoms with Crippen LogP contribution in [0.4, 0.5) is 5.13 Å². The number of hydrogen-bond acceptors (Lipinski definition) is 7. The van der Waals surface area contributed by atoms with E-state index in [1.165, 1.54) is 11.3 Å². The summed E-state index contributed by atoms with van der Waals surface area (Å²) in [6, 6.07) is 14.9. The quantitative estimate of drug-likeness (QED) is 0.283. The molecule has 0 radical (unpaired) electrons. The fourth-order valence-corrected chi connectivity index (χ4v) is 4.69. The molecule has 0 aliphatic carbocycles. The number of ether oxygens (including phenoxy) is 3. The van der Waals surface area contributed by atoms with E-state index in [2.05, 4.69) is 11.9 Å². The van der Waals surface area contributed by atoms with Crippen LogP contribution in [-0.4, -0.2) is 29.3 Å². The number of carbonyl (C=O) groups is 1. The first-order valence-electron chi connectivity index (χ1n) is 11.3. The average Bonchev–Trinajstić information content (AvgIpc) is 3.50. The van der Waals surface area contributed by atoms with Gasteiger partial charge >= 0.3 is 0 Å². The van der Waals surface area contributed by atoms with E-state index in [0.29, 0.717) is 35.3 Å². The summed E-state index contributed by atoms with van der Waals surface area (Å²) in [5.74, 6) is 1.99. The zero-order chi connectivity index (χ0) is 23.3. The first kappa shape index (κ1) is 22.2. The summed E-state index contributed by atoms with van der Waals surface area (Å²) in [5.41, 5.74) is 2.25. The Balaban J connectivity index is 1.42. The van der Waals surface area contributed by atoms with Crippen molar-refractivity contribution in [3.63, 3.8) is 0 Å². The molecule has 3 heterocycles. The van der Waals surface area contributed by atoms with Crippen LogP contribution in [0.5, 0.6) is 17.2 Å². The van der Waals surface area contributed by atoms with Crippen LogP contribution in [-0.2, 0) is 6.54 Å². The Morgan fingerprint density at radius 3 is 2.71 bits per heavy atom. The molecular weight excluding hydrogens is 450 g/mol. The minimum Gasteiger partial charge on any atom is -0.494 e. The molecule has 2 aromatic heterocycles. The van der Waals surface area contributed by atoms with Crippen LogP contribution >= 0.6 is 11.3 Å². The van der Waals surface area contributed by atoms with E-state index in [9.17, 15) is 4.79 Å². The summed E-state index contributed by atoms with van der Waals surface area (Å²) in [7, 11) is 0. The van der Waals surface area contributed by atoms with Gasteiger partial charge in [0.15, 0.2) is 16.6 Å². The molecule has 0 saturated heterocycles. The van der Waals surface area contributed by atoms with Gasteiger partial charge in [0.25, 0.3) is 5.91 Å². The van der Waals surface area contributed by atoms with Crippen LogP contribution < -0.4 is 19.1 Å². The molecule has 2 aromatic carbocycles. The highest BCUT2D eigenvalue weighted by Crippen LogP contribution is 2.40. The van der Waals surface area contributed by atoms with Gasteiger partial charge in [0.2, 0.25) is 6.79 Å². The van der Waals surface area contributed by atoms with Crippen molar-refractivity contribution in [2.45, 2.75) is 32.7 Å². The van der Waals surface area contributed by atoms with Gasteiger partial charge in [-0.2, -0.15) is 0 Å². The third kappa shape index (κ3) is 4.82. The lowest BCUT2D eigenvalue weighted by molar-refractivity contribution is 0.0985. The van der Waals surface area contributed by atoms with Crippen molar-refractivity contribution in [2.24, 2.45) is 0 Å². The SMILES string of the molecule is CCCCCOc1ccc(C(=O)N(Cc2cccnc2)c2nc3cc4c(cc3s2)OCO4)cc1. The maximum absolute atomic E-state index is 13.6. The molecule has 1 aliphatic rings. The second-order valence-electron chi connectivity index (χ2n) is 8.00. The van der Waals surface area contributed by atoms with Crippen LogP contribution in [0.15, 0.2) is 60.9 Å². The molecule has 0 bridgehead atoms. The Morgan fingerprint density at radius 1 is 1.12 bits per heavy atom. The van der Waals surface area contributed by atoms with E-state index < -0.39 is 0 Å². The van der Waals surface area contributed by atoms with E-state index in [4.69, 9.17) is 19.2 Å². The molecule has 0 atom stereocenters. The maximum atomic E-state index is 13.6. The number of thiazole rings is 1. The summed E-state index contributed by atoms with van der Waals surface area (Å²) in [6.07, 6.45) is 6.79. The summed E-state index contributed by atoms with van der Waals surface area (Å²) < 4.78 is 17.7. The van der Waals surface area contributed by atoms with Gasteiger partial charge < -0.3 is 14.2 Å². The number of nitrogens with zero attached hydrogens (tertiary/aromatic N) is 3. The molecule has 0 unspecified atom stereocenters. The summed E-state index contributed by atoms with van der Waals surface area (Å²) in [6.45, 7) is 3.41. The standard InChI is InChI=1S/C26H25N3O4S/c1-2-3-4-12-31-20-9-7-19(8-10-20)25(30)29(16-18-6-5-11-27-15-18)26-28-21-13-22-23(33-17-32-22)14-24(21)34-26/h5-11,13-15H,2-4,12,16-17H2,1H3. The highest BCUT2D eigenvalue weighted by Gasteiger charge is 2.24. The van der Waals surface area contributed by atoms with E-state index in [1.54, 1.807) is 29.4 Å². The molecule has 4 aromatic rings. The summed E-state index contributed by atoms with van der Waals surface area (Å²) in [4.78, 5) is 24.3. The third-order valence-corrected chi connectivity index (χ3v) is 6.57. The normalized spacial score (nSPS) is 12.1. The Labute approximate surface area is 201 Å². The minimum absolute atomic E-state index is 0.138. The monoisotopic (exact) mass is 475 g/mol. The number of fused-ring (bicyclic) bond motifs is 2. The first-order valence-corrected chi connectivity index (χ1v) is 12.2. The van der Waals surface area contributed by atoms with Gasteiger partial charge in [-0.25, -0.2) is 4.98 Å². The molecule has 34 heavy (non-hydrogen) atoms. The molecule has 5 rings (SSSR count). The van der Waals surface area contributed by atoms with Crippen molar-refractivity contribution < 1.29 is 19.0 Å². The van der Waals surface area contributed by atoms with E-state index in [0.717, 1.165) is 40.8 Å². The molecule has 1 amide bonds. The highest BCUT2D eigenvalue weighted by molar-refractivity contribution is 7.22. The number of carbonyl (C=O) groups excluding carboxylic acids is 1. The van der Waals surface area contributed by atoms with Crippen LogP contribution in [0, 0.1) is 0 Å². The van der Waals surface area contributed by atoms with Crippen LogP contribution in [0.3, 0.4) is 0 Å². The Bertz CT molecular complexity index is 1230. The van der Waals surface area contributed by atoms with Crippen molar-refractivity contribution in [3.05, 3.63) is 72.1 Å². The lowest BCUT2D eigenvalue weighted by Gasteiger charge is -2.20. The molecular formula is C26H25N3O4S. The number of unbranched alkanes of at least 4 members (excludes halogenated alkanes) is 2. The minimum atomic E-state index is -0.138. The molecule has 0 fully saturated rings. The van der Waals surface area contributed by atoms with Gasteiger partial charge in [-0.3, -0.25) is 14.7 Å². The number of benzene rings is 2. The Kier molecular flexibility index (Phi) is 6.58. The lowest BCUT2D eigenvalue weighted by Crippen LogP contribution is -2.30. The van der Waals surface area contributed by atoms with Gasteiger partial charge in [0, 0.05) is 30.1 Å².